The number of hydrogen-bond donors (Lipinski definition) is 4. The van der Waals surface area contributed by atoms with Crippen LogP contribution in [0.4, 0.5) is 4.79 Å². The maximum Gasteiger partial charge on any atom is 0.503 e. The van der Waals surface area contributed by atoms with Crippen molar-refractivity contribution in [2.45, 2.75) is 39.0 Å². The highest BCUT2D eigenvalue weighted by atomic mass is 16.6. The summed E-state index contributed by atoms with van der Waals surface area (Å²) in [6, 6.07) is 0. The first-order valence-corrected chi connectivity index (χ1v) is 6.56. The monoisotopic (exact) mass is 290 g/mol. The van der Waals surface area contributed by atoms with Crippen LogP contribution in [0.5, 0.6) is 0 Å². The molecule has 1 rings (SSSR count). The van der Waals surface area contributed by atoms with E-state index in [-0.39, 0.29) is 18.4 Å². The molecule has 0 aromatic carbocycles. The summed E-state index contributed by atoms with van der Waals surface area (Å²) >= 11 is 0. The van der Waals surface area contributed by atoms with Gasteiger partial charge in [0.25, 0.3) is 5.91 Å². The Morgan fingerprint density at radius 1 is 1.15 bits per heavy atom. The van der Waals surface area contributed by atoms with Crippen LogP contribution in [0.15, 0.2) is 0 Å². The third kappa shape index (κ3) is 7.57. The van der Waals surface area contributed by atoms with E-state index in [1.54, 1.807) is 5.48 Å². The average Bonchev–Trinajstić information content (AvgIpc) is 2.44. The van der Waals surface area contributed by atoms with E-state index in [9.17, 15) is 9.59 Å². The first kappa shape index (κ1) is 18.2. The van der Waals surface area contributed by atoms with Crippen LogP contribution in [0.25, 0.3) is 0 Å². The molecule has 0 aromatic rings. The molecule has 1 fully saturated rings. The molecule has 0 bridgehead atoms. The minimum atomic E-state index is -1.83. The summed E-state index contributed by atoms with van der Waals surface area (Å²) in [5, 5.41) is 22.4. The van der Waals surface area contributed by atoms with Crippen molar-refractivity contribution < 1.29 is 29.8 Å². The second-order valence-electron chi connectivity index (χ2n) is 4.50. The third-order valence-corrected chi connectivity index (χ3v) is 3.11. The van der Waals surface area contributed by atoms with Gasteiger partial charge in [0.15, 0.2) is 0 Å². The Hall–Kier alpha value is -1.83. The van der Waals surface area contributed by atoms with Gasteiger partial charge < -0.3 is 15.1 Å². The van der Waals surface area contributed by atoms with Crippen LogP contribution in [-0.2, 0) is 9.59 Å². The Morgan fingerprint density at radius 2 is 1.65 bits per heavy atom. The van der Waals surface area contributed by atoms with Gasteiger partial charge >= 0.3 is 6.16 Å². The molecule has 2 amide bonds. The maximum atomic E-state index is 12.0. The van der Waals surface area contributed by atoms with E-state index < -0.39 is 12.1 Å². The van der Waals surface area contributed by atoms with Gasteiger partial charge in [-0.15, -0.1) is 0 Å². The Bertz CT molecular complexity index is 324. The molecule has 0 spiro atoms. The molecule has 0 atom stereocenters. The summed E-state index contributed by atoms with van der Waals surface area (Å²) in [4.78, 5) is 33.1. The van der Waals surface area contributed by atoms with Gasteiger partial charge in [-0.3, -0.25) is 14.8 Å². The zero-order valence-electron chi connectivity index (χ0n) is 11.5. The lowest BCUT2D eigenvalue weighted by Gasteiger charge is -2.27. The number of hydrogen-bond acceptors (Lipinski definition) is 4. The number of likely N-dealkylation sites (N-methyl/N-ethyl adjacent to an activating group) is 1. The van der Waals surface area contributed by atoms with Crippen molar-refractivity contribution in [3.63, 3.8) is 0 Å². The molecule has 0 aliphatic heterocycles. The Balaban J connectivity index is 0.000000796. The molecular formula is C12H22N2O6. The van der Waals surface area contributed by atoms with Crippen LogP contribution in [-0.4, -0.2) is 51.4 Å². The number of carbonyl (C=O) groups is 3. The van der Waals surface area contributed by atoms with Crippen molar-refractivity contribution in [1.29, 1.82) is 0 Å². The van der Waals surface area contributed by atoms with Gasteiger partial charge in [0.05, 0.1) is 0 Å². The van der Waals surface area contributed by atoms with E-state index in [2.05, 4.69) is 0 Å². The van der Waals surface area contributed by atoms with Crippen LogP contribution in [0.1, 0.15) is 39.0 Å². The topological polar surface area (TPSA) is 127 Å². The number of amides is 2. The molecule has 8 heteroatoms. The van der Waals surface area contributed by atoms with Crippen molar-refractivity contribution in [3.05, 3.63) is 0 Å². The normalized spacial score (nSPS) is 14.7. The average molecular weight is 290 g/mol. The van der Waals surface area contributed by atoms with Crippen LogP contribution in [0, 0.1) is 5.92 Å². The number of hydroxylamine groups is 1. The number of nitrogens with zero attached hydrogens (tertiary/aromatic N) is 1. The van der Waals surface area contributed by atoms with Gasteiger partial charge in [-0.1, -0.05) is 19.3 Å². The summed E-state index contributed by atoms with van der Waals surface area (Å²) in [5.41, 5.74) is 1.55. The molecule has 0 heterocycles. The van der Waals surface area contributed by atoms with Gasteiger partial charge in [0.2, 0.25) is 5.91 Å². The molecule has 1 aliphatic rings. The van der Waals surface area contributed by atoms with E-state index in [1.807, 2.05) is 6.92 Å². The predicted molar refractivity (Wildman–Crippen MR) is 69.4 cm³/mol. The van der Waals surface area contributed by atoms with Gasteiger partial charge in [-0.05, 0) is 19.8 Å². The lowest BCUT2D eigenvalue weighted by Crippen LogP contribution is -2.42. The molecule has 20 heavy (non-hydrogen) atoms. The number of nitrogens with one attached hydrogen (secondary N) is 1. The predicted octanol–water partition coefficient (Wildman–Crippen LogP) is 1.14. The third-order valence-electron chi connectivity index (χ3n) is 3.11. The fourth-order valence-corrected chi connectivity index (χ4v) is 2.16. The van der Waals surface area contributed by atoms with E-state index in [1.165, 1.54) is 11.3 Å². The minimum Gasteiger partial charge on any atom is -0.450 e. The van der Waals surface area contributed by atoms with Gasteiger partial charge in [0.1, 0.15) is 6.54 Å². The van der Waals surface area contributed by atoms with E-state index >= 15 is 0 Å². The van der Waals surface area contributed by atoms with Crippen molar-refractivity contribution in [2.75, 3.05) is 13.1 Å². The van der Waals surface area contributed by atoms with Crippen molar-refractivity contribution in [2.24, 2.45) is 5.92 Å². The van der Waals surface area contributed by atoms with Crippen molar-refractivity contribution >= 4 is 18.0 Å². The van der Waals surface area contributed by atoms with Crippen LogP contribution < -0.4 is 5.48 Å². The summed E-state index contributed by atoms with van der Waals surface area (Å²) < 4.78 is 0. The number of carboxylic acid groups (broad SMARTS) is 2. The van der Waals surface area contributed by atoms with Gasteiger partial charge in [-0.2, -0.15) is 0 Å². The second-order valence-corrected chi connectivity index (χ2v) is 4.50. The molecule has 8 nitrogen and oxygen atoms in total. The smallest absolute Gasteiger partial charge is 0.450 e. The molecule has 0 saturated heterocycles. The van der Waals surface area contributed by atoms with Crippen molar-refractivity contribution in [1.82, 2.24) is 10.4 Å². The zero-order valence-corrected chi connectivity index (χ0v) is 11.5. The molecule has 0 unspecified atom stereocenters. The largest absolute Gasteiger partial charge is 0.503 e. The molecule has 1 saturated carbocycles. The second kappa shape index (κ2) is 10.0. The maximum absolute atomic E-state index is 12.0. The first-order valence-electron chi connectivity index (χ1n) is 6.56. The summed E-state index contributed by atoms with van der Waals surface area (Å²) in [7, 11) is 0. The van der Waals surface area contributed by atoms with Crippen LogP contribution in [0.3, 0.4) is 0 Å². The van der Waals surface area contributed by atoms with Crippen molar-refractivity contribution in [3.8, 4) is 0 Å². The molecule has 0 radical (unpaired) electrons. The summed E-state index contributed by atoms with van der Waals surface area (Å²) in [6.07, 6.45) is 3.42. The quantitative estimate of drug-likeness (QED) is 0.454. The lowest BCUT2D eigenvalue weighted by atomic mass is 9.88. The van der Waals surface area contributed by atoms with Crippen LogP contribution >= 0.6 is 0 Å². The fraction of sp³-hybridized carbons (Fsp3) is 0.750. The lowest BCUT2D eigenvalue weighted by molar-refractivity contribution is -0.142. The molecular weight excluding hydrogens is 268 g/mol. The number of carbonyl (C=O) groups excluding carboxylic acids is 2. The van der Waals surface area contributed by atoms with E-state index in [0.717, 1.165) is 25.7 Å². The van der Waals surface area contributed by atoms with Gasteiger partial charge in [-0.25, -0.2) is 10.3 Å². The Kier molecular flexibility index (Phi) is 9.10. The molecule has 1 aliphatic carbocycles. The SMILES string of the molecule is CCN(CC(=O)NO)C(=O)C1CCCCC1.O=C(O)O. The highest BCUT2D eigenvalue weighted by molar-refractivity contribution is 5.85. The standard InChI is InChI=1S/C11H20N2O3.CH2O3/c1-2-13(8-10(14)12-16)11(15)9-6-4-3-5-7-9;2-1(3)4/h9,16H,2-8H2,1H3,(H,12,14);(H2,2,3,4). The number of rotatable bonds is 4. The highest BCUT2D eigenvalue weighted by Crippen LogP contribution is 2.25. The zero-order chi connectivity index (χ0) is 15.5. The van der Waals surface area contributed by atoms with E-state index in [0.29, 0.717) is 6.54 Å². The van der Waals surface area contributed by atoms with Crippen LogP contribution in [0.2, 0.25) is 0 Å². The van der Waals surface area contributed by atoms with Gasteiger partial charge in [0, 0.05) is 12.5 Å². The first-order chi connectivity index (χ1) is 9.42. The van der Waals surface area contributed by atoms with E-state index in [4.69, 9.17) is 20.2 Å². The molecule has 0 aromatic heterocycles. The molecule has 4 N–H and O–H groups in total. The fourth-order valence-electron chi connectivity index (χ4n) is 2.16. The summed E-state index contributed by atoms with van der Waals surface area (Å²) in [5.74, 6) is -0.419. The Labute approximate surface area is 117 Å². The minimum absolute atomic E-state index is 0.0470. The highest BCUT2D eigenvalue weighted by Gasteiger charge is 2.26. The Morgan fingerprint density at radius 3 is 2.05 bits per heavy atom. The molecule has 116 valence electrons. The summed E-state index contributed by atoms with van der Waals surface area (Å²) in [6.45, 7) is 2.29.